The lowest BCUT2D eigenvalue weighted by Crippen LogP contribution is -2.32. The summed E-state index contributed by atoms with van der Waals surface area (Å²) in [6, 6.07) is 17.8. The number of nitrogen functional groups attached to an aromatic ring is 1. The Morgan fingerprint density at radius 1 is 1.05 bits per heavy atom. The van der Waals surface area contributed by atoms with E-state index in [-0.39, 0.29) is 22.8 Å². The number of nitrogens with two attached hydrogens (primary N) is 1. The molecule has 6 rings (SSSR count). The summed E-state index contributed by atoms with van der Waals surface area (Å²) in [5, 5.41) is 11.5. The Morgan fingerprint density at radius 3 is 2.63 bits per heavy atom. The second-order valence-electron chi connectivity index (χ2n) is 9.37. The number of hydrogen-bond acceptors (Lipinski definition) is 8. The maximum absolute atomic E-state index is 14.3. The van der Waals surface area contributed by atoms with Gasteiger partial charge in [-0.1, -0.05) is 47.7 Å². The van der Waals surface area contributed by atoms with Crippen LogP contribution in [0.3, 0.4) is 0 Å². The van der Waals surface area contributed by atoms with Crippen LogP contribution in [0.1, 0.15) is 35.9 Å². The number of thiazole rings is 1. The lowest BCUT2D eigenvalue weighted by atomic mass is 10.0. The summed E-state index contributed by atoms with van der Waals surface area (Å²) in [5.74, 6) is -0.627. The van der Waals surface area contributed by atoms with Crippen molar-refractivity contribution in [2.45, 2.75) is 19.9 Å². The molecule has 0 saturated carbocycles. The molecule has 0 saturated heterocycles. The van der Waals surface area contributed by atoms with Gasteiger partial charge in [-0.05, 0) is 36.6 Å². The predicted molar refractivity (Wildman–Crippen MR) is 158 cm³/mol. The van der Waals surface area contributed by atoms with Gasteiger partial charge in [0, 0.05) is 42.5 Å². The van der Waals surface area contributed by atoms with Crippen LogP contribution in [-0.2, 0) is 4.79 Å². The van der Waals surface area contributed by atoms with Crippen molar-refractivity contribution < 1.29 is 9.59 Å². The van der Waals surface area contributed by atoms with Gasteiger partial charge in [0.2, 0.25) is 5.91 Å². The maximum Gasteiger partial charge on any atom is 0.263 e. The minimum atomic E-state index is -0.601. The summed E-state index contributed by atoms with van der Waals surface area (Å²) in [7, 11) is 0. The van der Waals surface area contributed by atoms with Crippen LogP contribution in [0.25, 0.3) is 32.5 Å². The lowest BCUT2D eigenvalue weighted by molar-refractivity contribution is -0.114. The second-order valence-corrected chi connectivity index (χ2v) is 10.4. The van der Waals surface area contributed by atoms with Crippen LogP contribution < -0.4 is 21.9 Å². The molecule has 0 aliphatic heterocycles. The number of nitrogens with one attached hydrogen (secondary N) is 2. The zero-order chi connectivity index (χ0) is 28.7. The van der Waals surface area contributed by atoms with E-state index in [4.69, 9.17) is 5.73 Å². The Kier molecular flexibility index (Phi) is 6.52. The van der Waals surface area contributed by atoms with E-state index in [0.717, 1.165) is 4.88 Å². The monoisotopic (exact) mass is 564 g/mol. The molecule has 11 nitrogen and oxygen atoms in total. The van der Waals surface area contributed by atoms with Crippen LogP contribution in [0, 0.1) is 0 Å². The highest BCUT2D eigenvalue weighted by molar-refractivity contribution is 7.19. The minimum absolute atomic E-state index is 0.0557. The summed E-state index contributed by atoms with van der Waals surface area (Å²) < 4.78 is 3.05. The smallest absolute Gasteiger partial charge is 0.263 e. The third kappa shape index (κ3) is 4.70. The number of nitrogens with zero attached hydrogens (tertiary/aromatic N) is 5. The zero-order valence-corrected chi connectivity index (χ0v) is 22.8. The molecule has 6 aromatic rings. The molecule has 2 amide bonds. The first kappa shape index (κ1) is 25.9. The fourth-order valence-electron chi connectivity index (χ4n) is 4.82. The number of rotatable bonds is 6. The Hall–Kier alpha value is -5.36. The highest BCUT2D eigenvalue weighted by Crippen LogP contribution is 2.34. The maximum atomic E-state index is 14.3. The van der Waals surface area contributed by atoms with Crippen LogP contribution >= 0.6 is 11.3 Å². The van der Waals surface area contributed by atoms with Crippen molar-refractivity contribution in [2.75, 3.05) is 11.1 Å². The molecule has 2 aromatic carbocycles. The Balaban J connectivity index is 1.48. The number of para-hydroxylation sites is 1. The van der Waals surface area contributed by atoms with E-state index in [1.807, 2.05) is 54.6 Å². The van der Waals surface area contributed by atoms with Gasteiger partial charge in [0.15, 0.2) is 16.6 Å². The molecular formula is C29H24N8O3S. The van der Waals surface area contributed by atoms with Crippen molar-refractivity contribution in [3.63, 3.8) is 0 Å². The Morgan fingerprint density at radius 2 is 1.85 bits per heavy atom. The van der Waals surface area contributed by atoms with Crippen molar-refractivity contribution in [1.29, 1.82) is 0 Å². The fraction of sp³-hybridized carbons (Fsp3) is 0.103. The number of pyridine rings is 1. The molecule has 0 aliphatic carbocycles. The van der Waals surface area contributed by atoms with Gasteiger partial charge in [-0.15, -0.1) is 5.10 Å². The molecule has 0 radical (unpaired) electrons. The van der Waals surface area contributed by atoms with Crippen molar-refractivity contribution >= 4 is 50.5 Å². The van der Waals surface area contributed by atoms with Crippen molar-refractivity contribution in [2.24, 2.45) is 0 Å². The third-order valence-corrected chi connectivity index (χ3v) is 7.53. The van der Waals surface area contributed by atoms with E-state index in [9.17, 15) is 14.4 Å². The lowest BCUT2D eigenvalue weighted by Gasteiger charge is -2.21. The predicted octanol–water partition coefficient (Wildman–Crippen LogP) is 4.19. The topological polar surface area (TPSA) is 149 Å². The first-order valence-corrected chi connectivity index (χ1v) is 13.5. The van der Waals surface area contributed by atoms with Gasteiger partial charge in [-0.25, -0.2) is 14.5 Å². The van der Waals surface area contributed by atoms with Crippen LogP contribution in [0.2, 0.25) is 0 Å². The SMILES string of the molecule is CC(=O)Nc1ncc(-c2cccc3cc([C@H](C)NC(=O)c4c(N)nn5cccnc45)n(-c4ccccc4)c(=O)c23)s1. The van der Waals surface area contributed by atoms with Crippen molar-refractivity contribution in [3.8, 4) is 16.1 Å². The van der Waals surface area contributed by atoms with Crippen LogP contribution in [0.4, 0.5) is 10.9 Å². The quantitative estimate of drug-likeness (QED) is 0.275. The summed E-state index contributed by atoms with van der Waals surface area (Å²) in [4.78, 5) is 48.5. The highest BCUT2D eigenvalue weighted by Gasteiger charge is 2.24. The average molecular weight is 565 g/mol. The summed E-state index contributed by atoms with van der Waals surface area (Å²) in [6.45, 7) is 3.22. The molecular weight excluding hydrogens is 540 g/mol. The van der Waals surface area contributed by atoms with Crippen LogP contribution in [0.5, 0.6) is 0 Å². The molecule has 0 unspecified atom stereocenters. The molecule has 1 atom stereocenters. The van der Waals surface area contributed by atoms with E-state index in [0.29, 0.717) is 38.5 Å². The summed E-state index contributed by atoms with van der Waals surface area (Å²) >= 11 is 1.29. The summed E-state index contributed by atoms with van der Waals surface area (Å²) in [6.07, 6.45) is 4.87. The number of hydrogen-bond donors (Lipinski definition) is 3. The molecule has 4 heterocycles. The van der Waals surface area contributed by atoms with Gasteiger partial charge in [-0.3, -0.25) is 19.0 Å². The normalized spacial score (nSPS) is 12.0. The van der Waals surface area contributed by atoms with Crippen LogP contribution in [0.15, 0.2) is 84.0 Å². The van der Waals surface area contributed by atoms with E-state index in [1.54, 1.807) is 36.1 Å². The van der Waals surface area contributed by atoms with Gasteiger partial charge in [-0.2, -0.15) is 0 Å². The van der Waals surface area contributed by atoms with E-state index < -0.39 is 11.9 Å². The van der Waals surface area contributed by atoms with E-state index in [1.165, 1.54) is 22.8 Å². The second kappa shape index (κ2) is 10.3. The minimum Gasteiger partial charge on any atom is -0.381 e. The molecule has 41 heavy (non-hydrogen) atoms. The fourth-order valence-corrected chi connectivity index (χ4v) is 5.71. The molecule has 4 N–H and O–H groups in total. The van der Waals surface area contributed by atoms with Gasteiger partial charge in [0.05, 0.1) is 16.3 Å². The van der Waals surface area contributed by atoms with Crippen LogP contribution in [-0.4, -0.2) is 36.0 Å². The largest absolute Gasteiger partial charge is 0.381 e. The van der Waals surface area contributed by atoms with Gasteiger partial charge >= 0.3 is 0 Å². The number of anilines is 2. The Bertz CT molecular complexity index is 2010. The number of aromatic nitrogens is 5. The van der Waals surface area contributed by atoms with Gasteiger partial charge < -0.3 is 16.4 Å². The first-order valence-electron chi connectivity index (χ1n) is 12.7. The molecule has 204 valence electrons. The zero-order valence-electron chi connectivity index (χ0n) is 22.0. The third-order valence-electron chi connectivity index (χ3n) is 6.58. The van der Waals surface area contributed by atoms with Gasteiger partial charge in [0.1, 0.15) is 5.56 Å². The number of benzene rings is 2. The number of amides is 2. The molecule has 0 bridgehead atoms. The first-order chi connectivity index (χ1) is 19.8. The van der Waals surface area contributed by atoms with Gasteiger partial charge in [0.25, 0.3) is 11.5 Å². The molecule has 0 spiro atoms. The number of carbonyl (C=O) groups is 2. The molecule has 4 aromatic heterocycles. The van der Waals surface area contributed by atoms with E-state index in [2.05, 4.69) is 25.7 Å². The Labute approximate surface area is 237 Å². The van der Waals surface area contributed by atoms with Crippen molar-refractivity contribution in [3.05, 3.63) is 101 Å². The number of fused-ring (bicyclic) bond motifs is 2. The standard InChI is InChI=1S/C29H24N8O3S/c1-16(33-27(39)24-25(30)35-36-13-7-12-31-26(24)36)21-14-18-8-6-11-20(22-15-32-29(41-22)34-17(2)38)23(18)28(40)37(21)19-9-4-3-5-10-19/h3-16H,1-2H3,(H2,30,35)(H,33,39)(H,32,34,38)/t16-/m0/s1. The number of carbonyl (C=O) groups excluding carboxylic acids is 2. The average Bonchev–Trinajstić information content (AvgIpc) is 3.55. The highest BCUT2D eigenvalue weighted by atomic mass is 32.1. The molecule has 12 heteroatoms. The summed E-state index contributed by atoms with van der Waals surface area (Å²) in [5.41, 5.74) is 8.22. The molecule has 0 fully saturated rings. The van der Waals surface area contributed by atoms with Crippen molar-refractivity contribution in [1.82, 2.24) is 29.5 Å². The van der Waals surface area contributed by atoms with E-state index >= 15 is 0 Å². The molecule has 0 aliphatic rings.